The van der Waals surface area contributed by atoms with Gasteiger partial charge in [-0.1, -0.05) is 6.07 Å². The third-order valence-corrected chi connectivity index (χ3v) is 3.45. The van der Waals surface area contributed by atoms with Crippen molar-refractivity contribution in [2.75, 3.05) is 11.9 Å². The number of nitrogens with one attached hydrogen (secondary N) is 1. The molecule has 0 unspecified atom stereocenters. The first-order valence-corrected chi connectivity index (χ1v) is 6.84. The van der Waals surface area contributed by atoms with Gasteiger partial charge in [-0.15, -0.1) is 11.3 Å². The Kier molecular flexibility index (Phi) is 4.61. The van der Waals surface area contributed by atoms with Gasteiger partial charge in [0.1, 0.15) is 5.75 Å². The molecule has 2 aromatic rings. The third-order valence-electron chi connectivity index (χ3n) is 2.58. The number of hydrogen-bond donors (Lipinski definition) is 2. The molecule has 18 heavy (non-hydrogen) atoms. The summed E-state index contributed by atoms with van der Waals surface area (Å²) in [7, 11) is 0. The summed E-state index contributed by atoms with van der Waals surface area (Å²) in [5.41, 5.74) is 1.81. The molecule has 0 saturated carbocycles. The second kappa shape index (κ2) is 6.42. The average Bonchev–Trinajstić information content (AvgIpc) is 2.91. The van der Waals surface area contributed by atoms with Crippen molar-refractivity contribution < 1.29 is 9.84 Å². The zero-order valence-electron chi connectivity index (χ0n) is 10.3. The summed E-state index contributed by atoms with van der Waals surface area (Å²) < 4.78 is 5.45. The van der Waals surface area contributed by atoms with Crippen LogP contribution in [0.15, 0.2) is 35.7 Å². The molecule has 0 amide bonds. The fraction of sp³-hybridized carbons (Fsp3) is 0.286. The summed E-state index contributed by atoms with van der Waals surface area (Å²) >= 11 is 1.73. The first-order valence-electron chi connectivity index (χ1n) is 5.96. The molecule has 0 atom stereocenters. The molecule has 0 spiro atoms. The van der Waals surface area contributed by atoms with E-state index in [0.29, 0.717) is 6.61 Å². The van der Waals surface area contributed by atoms with Crippen LogP contribution in [0.3, 0.4) is 0 Å². The quantitative estimate of drug-likeness (QED) is 0.840. The van der Waals surface area contributed by atoms with Crippen LogP contribution in [0.2, 0.25) is 0 Å². The number of benzene rings is 1. The largest absolute Gasteiger partial charge is 0.494 e. The Labute approximate surface area is 111 Å². The molecule has 2 N–H and O–H groups in total. The lowest BCUT2D eigenvalue weighted by Gasteiger charge is -2.11. The van der Waals surface area contributed by atoms with Crippen LogP contribution in [0.1, 0.15) is 17.4 Å². The molecule has 0 radical (unpaired) electrons. The molecule has 0 bridgehead atoms. The topological polar surface area (TPSA) is 41.5 Å². The molecule has 1 aromatic carbocycles. The van der Waals surface area contributed by atoms with E-state index in [1.165, 1.54) is 4.88 Å². The van der Waals surface area contributed by atoms with Crippen LogP contribution in [-0.4, -0.2) is 11.7 Å². The summed E-state index contributed by atoms with van der Waals surface area (Å²) in [6.45, 7) is 3.33. The molecule has 0 aliphatic carbocycles. The minimum absolute atomic E-state index is 0.0101. The van der Waals surface area contributed by atoms with E-state index in [-0.39, 0.29) is 6.61 Å². The van der Waals surface area contributed by atoms with Crippen LogP contribution >= 0.6 is 11.3 Å². The fourth-order valence-electron chi connectivity index (χ4n) is 1.71. The predicted molar refractivity (Wildman–Crippen MR) is 75.2 cm³/mol. The van der Waals surface area contributed by atoms with Gasteiger partial charge < -0.3 is 15.2 Å². The van der Waals surface area contributed by atoms with Crippen molar-refractivity contribution in [3.8, 4) is 5.75 Å². The molecule has 2 rings (SSSR count). The predicted octanol–water partition coefficient (Wildman–Crippen LogP) is 3.25. The maximum Gasteiger partial charge on any atom is 0.124 e. The second-order valence-electron chi connectivity index (χ2n) is 3.85. The second-order valence-corrected chi connectivity index (χ2v) is 4.88. The van der Waals surface area contributed by atoms with E-state index in [2.05, 4.69) is 16.8 Å². The van der Waals surface area contributed by atoms with Crippen LogP contribution < -0.4 is 10.1 Å². The standard InChI is InChI=1S/C14H17NO2S/c1-2-17-14-6-5-12(8-11(14)10-16)15-9-13-4-3-7-18-13/h3-8,15-16H,2,9-10H2,1H3. The maximum atomic E-state index is 9.32. The van der Waals surface area contributed by atoms with Crippen molar-refractivity contribution in [2.45, 2.75) is 20.1 Å². The van der Waals surface area contributed by atoms with Gasteiger partial charge in [0.25, 0.3) is 0 Å². The highest BCUT2D eigenvalue weighted by molar-refractivity contribution is 7.09. The number of aliphatic hydroxyl groups is 1. The highest BCUT2D eigenvalue weighted by Crippen LogP contribution is 2.23. The van der Waals surface area contributed by atoms with Gasteiger partial charge in [-0.3, -0.25) is 0 Å². The molecule has 1 heterocycles. The maximum absolute atomic E-state index is 9.32. The minimum atomic E-state index is -0.0101. The Hall–Kier alpha value is -1.52. The molecule has 1 aromatic heterocycles. The van der Waals surface area contributed by atoms with Crippen molar-refractivity contribution in [2.24, 2.45) is 0 Å². The van der Waals surface area contributed by atoms with E-state index in [0.717, 1.165) is 23.5 Å². The average molecular weight is 263 g/mol. The number of anilines is 1. The molecular weight excluding hydrogens is 246 g/mol. The lowest BCUT2D eigenvalue weighted by atomic mass is 10.2. The van der Waals surface area contributed by atoms with Gasteiger partial charge in [0.2, 0.25) is 0 Å². The number of rotatable bonds is 6. The van der Waals surface area contributed by atoms with Crippen LogP contribution in [-0.2, 0) is 13.2 Å². The Morgan fingerprint density at radius 2 is 2.22 bits per heavy atom. The Morgan fingerprint density at radius 1 is 1.33 bits per heavy atom. The normalized spacial score (nSPS) is 10.3. The third kappa shape index (κ3) is 3.24. The Balaban J connectivity index is 2.05. The van der Waals surface area contributed by atoms with Gasteiger partial charge in [0.05, 0.1) is 13.2 Å². The highest BCUT2D eigenvalue weighted by Gasteiger charge is 2.04. The SMILES string of the molecule is CCOc1ccc(NCc2cccs2)cc1CO. The van der Waals surface area contributed by atoms with Crippen LogP contribution in [0.5, 0.6) is 5.75 Å². The molecule has 0 fully saturated rings. The molecule has 0 aliphatic heterocycles. The molecule has 0 saturated heterocycles. The molecule has 4 heteroatoms. The van der Waals surface area contributed by atoms with Gasteiger partial charge in [-0.05, 0) is 36.6 Å². The monoisotopic (exact) mass is 263 g/mol. The smallest absolute Gasteiger partial charge is 0.124 e. The van der Waals surface area contributed by atoms with E-state index in [1.807, 2.05) is 31.2 Å². The molecule has 3 nitrogen and oxygen atoms in total. The number of thiophene rings is 1. The summed E-state index contributed by atoms with van der Waals surface area (Å²) in [5.74, 6) is 0.752. The number of ether oxygens (including phenoxy) is 1. The summed E-state index contributed by atoms with van der Waals surface area (Å²) in [6.07, 6.45) is 0. The molecule has 0 aliphatic rings. The van der Waals surface area contributed by atoms with Crippen molar-refractivity contribution >= 4 is 17.0 Å². The lowest BCUT2D eigenvalue weighted by molar-refractivity contribution is 0.267. The van der Waals surface area contributed by atoms with E-state index >= 15 is 0 Å². The van der Waals surface area contributed by atoms with Crippen molar-refractivity contribution in [1.29, 1.82) is 0 Å². The lowest BCUT2D eigenvalue weighted by Crippen LogP contribution is -2.01. The van der Waals surface area contributed by atoms with Gasteiger partial charge in [-0.25, -0.2) is 0 Å². The number of aliphatic hydroxyl groups excluding tert-OH is 1. The van der Waals surface area contributed by atoms with Crippen molar-refractivity contribution in [3.05, 3.63) is 46.2 Å². The van der Waals surface area contributed by atoms with Gasteiger partial charge in [0, 0.05) is 22.7 Å². The van der Waals surface area contributed by atoms with Gasteiger partial charge >= 0.3 is 0 Å². The van der Waals surface area contributed by atoms with Crippen molar-refractivity contribution in [1.82, 2.24) is 0 Å². The zero-order chi connectivity index (χ0) is 12.8. The van der Waals surface area contributed by atoms with Crippen molar-refractivity contribution in [3.63, 3.8) is 0 Å². The minimum Gasteiger partial charge on any atom is -0.494 e. The number of hydrogen-bond acceptors (Lipinski definition) is 4. The van der Waals surface area contributed by atoms with Crippen LogP contribution in [0.4, 0.5) is 5.69 Å². The first-order chi connectivity index (χ1) is 8.83. The van der Waals surface area contributed by atoms with E-state index < -0.39 is 0 Å². The Bertz CT molecular complexity index is 483. The van der Waals surface area contributed by atoms with Gasteiger partial charge in [0.15, 0.2) is 0 Å². The summed E-state index contributed by atoms with van der Waals surface area (Å²) in [6, 6.07) is 9.93. The first kappa shape index (κ1) is 12.9. The summed E-state index contributed by atoms with van der Waals surface area (Å²) in [4.78, 5) is 1.29. The Morgan fingerprint density at radius 3 is 2.89 bits per heavy atom. The zero-order valence-corrected chi connectivity index (χ0v) is 11.2. The van der Waals surface area contributed by atoms with E-state index in [1.54, 1.807) is 11.3 Å². The van der Waals surface area contributed by atoms with E-state index in [9.17, 15) is 5.11 Å². The molecule has 96 valence electrons. The fourth-order valence-corrected chi connectivity index (χ4v) is 2.36. The highest BCUT2D eigenvalue weighted by atomic mass is 32.1. The van der Waals surface area contributed by atoms with E-state index in [4.69, 9.17) is 4.74 Å². The van der Waals surface area contributed by atoms with Crippen LogP contribution in [0.25, 0.3) is 0 Å². The molecular formula is C14H17NO2S. The summed E-state index contributed by atoms with van der Waals surface area (Å²) in [5, 5.41) is 14.7. The van der Waals surface area contributed by atoms with Gasteiger partial charge in [-0.2, -0.15) is 0 Å². The van der Waals surface area contributed by atoms with Crippen LogP contribution in [0, 0.1) is 0 Å².